The Kier molecular flexibility index (Phi) is 3.10. The molecule has 2 aromatic heterocycles. The number of H-pyrrole nitrogens is 2. The van der Waals surface area contributed by atoms with Gasteiger partial charge in [0.1, 0.15) is 17.5 Å². The first-order chi connectivity index (χ1) is 11.7. The topological polar surface area (TPSA) is 116 Å². The monoisotopic (exact) mass is 318 g/mol. The zero-order valence-corrected chi connectivity index (χ0v) is 12.9. The highest BCUT2D eigenvalue weighted by Gasteiger charge is 2.14. The number of nitriles is 1. The van der Waals surface area contributed by atoms with Gasteiger partial charge in [0.2, 0.25) is 0 Å². The summed E-state index contributed by atoms with van der Waals surface area (Å²) in [6.45, 7) is 2.38. The molecule has 4 N–H and O–H groups in total. The van der Waals surface area contributed by atoms with E-state index in [2.05, 4.69) is 26.5 Å². The fourth-order valence-electron chi connectivity index (χ4n) is 2.81. The van der Waals surface area contributed by atoms with E-state index in [4.69, 9.17) is 10.5 Å². The van der Waals surface area contributed by atoms with Crippen molar-refractivity contribution in [2.24, 2.45) is 0 Å². The second-order valence-electron chi connectivity index (χ2n) is 5.38. The van der Waals surface area contributed by atoms with Crippen LogP contribution in [0.15, 0.2) is 30.3 Å². The molecule has 0 aliphatic rings. The number of nitrogens with one attached hydrogen (secondary N) is 2. The number of ether oxygens (including phenoxy) is 1. The van der Waals surface area contributed by atoms with Crippen LogP contribution in [-0.2, 0) is 0 Å². The molecule has 0 bridgehead atoms. The molecule has 0 radical (unpaired) electrons. The van der Waals surface area contributed by atoms with Crippen molar-refractivity contribution in [2.75, 3.05) is 12.3 Å². The third-order valence-corrected chi connectivity index (χ3v) is 3.95. The van der Waals surface area contributed by atoms with Crippen LogP contribution in [0.5, 0.6) is 5.75 Å². The summed E-state index contributed by atoms with van der Waals surface area (Å²) in [5, 5.41) is 25.3. The van der Waals surface area contributed by atoms with Crippen LogP contribution in [-0.4, -0.2) is 27.0 Å². The highest BCUT2D eigenvalue weighted by molar-refractivity contribution is 5.98. The Labute approximate surface area is 137 Å². The van der Waals surface area contributed by atoms with E-state index in [1.54, 1.807) is 6.07 Å². The van der Waals surface area contributed by atoms with Crippen molar-refractivity contribution in [2.45, 2.75) is 6.92 Å². The predicted octanol–water partition coefficient (Wildman–Crippen LogP) is 2.96. The van der Waals surface area contributed by atoms with Crippen LogP contribution >= 0.6 is 0 Å². The highest BCUT2D eigenvalue weighted by Crippen LogP contribution is 2.33. The lowest BCUT2D eigenvalue weighted by molar-refractivity contribution is 0.340. The number of nitrogens with two attached hydrogens (primary N) is 1. The standard InChI is InChI=1S/C17H14N6O/c1-2-24-15-7-11-14(6-10(15)8-18)21-22-16(11)9-3-4-13-12(5-9)17(19)23-20-13/h3-7H,2H2,1H3,(H,21,22)(H3,19,20,23). The van der Waals surface area contributed by atoms with Gasteiger partial charge in [0.15, 0.2) is 5.82 Å². The summed E-state index contributed by atoms with van der Waals surface area (Å²) >= 11 is 0. The quantitative estimate of drug-likeness (QED) is 0.537. The lowest BCUT2D eigenvalue weighted by atomic mass is 10.0. The first kappa shape index (κ1) is 14.1. The van der Waals surface area contributed by atoms with Crippen LogP contribution in [0.2, 0.25) is 0 Å². The number of aromatic nitrogens is 4. The fourth-order valence-corrected chi connectivity index (χ4v) is 2.81. The van der Waals surface area contributed by atoms with Crippen LogP contribution in [0.1, 0.15) is 12.5 Å². The molecule has 4 aromatic rings. The Morgan fingerprint density at radius 2 is 1.96 bits per heavy atom. The molecule has 0 aliphatic heterocycles. The number of rotatable bonds is 3. The summed E-state index contributed by atoms with van der Waals surface area (Å²) in [6.07, 6.45) is 0. The number of nitrogens with zero attached hydrogens (tertiary/aromatic N) is 3. The van der Waals surface area contributed by atoms with Crippen LogP contribution in [0, 0.1) is 11.3 Å². The lowest BCUT2D eigenvalue weighted by Crippen LogP contribution is -1.94. The van der Waals surface area contributed by atoms with Gasteiger partial charge in [0.25, 0.3) is 0 Å². The molecule has 0 aliphatic carbocycles. The van der Waals surface area contributed by atoms with Gasteiger partial charge in [-0.2, -0.15) is 15.5 Å². The third-order valence-electron chi connectivity index (χ3n) is 3.95. The van der Waals surface area contributed by atoms with E-state index < -0.39 is 0 Å². The highest BCUT2D eigenvalue weighted by atomic mass is 16.5. The second kappa shape index (κ2) is 5.28. The predicted molar refractivity (Wildman–Crippen MR) is 91.5 cm³/mol. The second-order valence-corrected chi connectivity index (χ2v) is 5.38. The van der Waals surface area contributed by atoms with Crippen molar-refractivity contribution >= 4 is 27.6 Å². The lowest BCUT2D eigenvalue weighted by Gasteiger charge is -2.06. The first-order valence-electron chi connectivity index (χ1n) is 7.50. The maximum atomic E-state index is 9.26. The molecule has 0 saturated heterocycles. The average molecular weight is 318 g/mol. The number of benzene rings is 2. The molecule has 24 heavy (non-hydrogen) atoms. The number of anilines is 1. The van der Waals surface area contributed by atoms with Crippen molar-refractivity contribution in [3.63, 3.8) is 0 Å². The molecular formula is C17H14N6O. The minimum atomic E-state index is 0.452. The van der Waals surface area contributed by atoms with Gasteiger partial charge in [-0.15, -0.1) is 0 Å². The summed E-state index contributed by atoms with van der Waals surface area (Å²) in [6, 6.07) is 11.6. The fraction of sp³-hybridized carbons (Fsp3) is 0.118. The van der Waals surface area contributed by atoms with E-state index in [0.717, 1.165) is 33.1 Å². The molecule has 2 aromatic carbocycles. The molecule has 7 nitrogen and oxygen atoms in total. The zero-order valence-electron chi connectivity index (χ0n) is 12.9. The molecule has 0 unspecified atom stereocenters. The molecule has 0 amide bonds. The smallest absolute Gasteiger partial charge is 0.153 e. The van der Waals surface area contributed by atoms with E-state index in [1.165, 1.54) is 0 Å². The largest absolute Gasteiger partial charge is 0.492 e. The van der Waals surface area contributed by atoms with E-state index in [0.29, 0.717) is 23.7 Å². The number of hydrogen-bond donors (Lipinski definition) is 3. The van der Waals surface area contributed by atoms with Gasteiger partial charge in [0, 0.05) is 16.3 Å². The number of fused-ring (bicyclic) bond motifs is 2. The van der Waals surface area contributed by atoms with E-state index >= 15 is 0 Å². The minimum Gasteiger partial charge on any atom is -0.492 e. The summed E-state index contributed by atoms with van der Waals surface area (Å²) in [7, 11) is 0. The van der Waals surface area contributed by atoms with Crippen LogP contribution in [0.3, 0.4) is 0 Å². The molecule has 0 spiro atoms. The van der Waals surface area contributed by atoms with Crippen molar-refractivity contribution in [1.82, 2.24) is 20.4 Å². The maximum Gasteiger partial charge on any atom is 0.153 e. The van der Waals surface area contributed by atoms with E-state index in [9.17, 15) is 5.26 Å². The molecule has 0 fully saturated rings. The van der Waals surface area contributed by atoms with Gasteiger partial charge < -0.3 is 10.5 Å². The molecule has 0 atom stereocenters. The molecule has 118 valence electrons. The van der Waals surface area contributed by atoms with Gasteiger partial charge in [0.05, 0.1) is 23.2 Å². The third kappa shape index (κ3) is 2.05. The number of nitrogen functional groups attached to an aromatic ring is 1. The van der Waals surface area contributed by atoms with Gasteiger partial charge in [-0.25, -0.2) is 0 Å². The zero-order chi connectivity index (χ0) is 16.7. The summed E-state index contributed by atoms with van der Waals surface area (Å²) in [5.41, 5.74) is 9.71. The minimum absolute atomic E-state index is 0.452. The van der Waals surface area contributed by atoms with Crippen molar-refractivity contribution in [3.8, 4) is 23.1 Å². The average Bonchev–Trinajstić information content (AvgIpc) is 3.17. The molecule has 2 heterocycles. The Morgan fingerprint density at radius 1 is 1.12 bits per heavy atom. The van der Waals surface area contributed by atoms with Gasteiger partial charge in [-0.05, 0) is 31.2 Å². The van der Waals surface area contributed by atoms with Crippen LogP contribution < -0.4 is 10.5 Å². The Bertz CT molecular complexity index is 1100. The Balaban J connectivity index is 1.93. The number of hydrogen-bond acceptors (Lipinski definition) is 5. The van der Waals surface area contributed by atoms with Crippen LogP contribution in [0.4, 0.5) is 5.82 Å². The SMILES string of the molecule is CCOc1cc2c(-c3ccc4[nH]nc(N)c4c3)n[nH]c2cc1C#N. The van der Waals surface area contributed by atoms with Crippen molar-refractivity contribution < 1.29 is 4.74 Å². The van der Waals surface area contributed by atoms with Crippen molar-refractivity contribution in [1.29, 1.82) is 5.26 Å². The van der Waals surface area contributed by atoms with Gasteiger partial charge in [-0.3, -0.25) is 10.2 Å². The van der Waals surface area contributed by atoms with Gasteiger partial charge in [-0.1, -0.05) is 6.07 Å². The summed E-state index contributed by atoms with van der Waals surface area (Å²) in [5.74, 6) is 1.01. The Hall–Kier alpha value is -3.53. The molecule has 7 heteroatoms. The molecular weight excluding hydrogens is 304 g/mol. The molecule has 4 rings (SSSR count). The number of aromatic amines is 2. The summed E-state index contributed by atoms with van der Waals surface area (Å²) in [4.78, 5) is 0. The summed E-state index contributed by atoms with van der Waals surface area (Å²) < 4.78 is 5.57. The van der Waals surface area contributed by atoms with E-state index in [-0.39, 0.29) is 0 Å². The Morgan fingerprint density at radius 3 is 2.75 bits per heavy atom. The van der Waals surface area contributed by atoms with Gasteiger partial charge >= 0.3 is 0 Å². The molecule has 0 saturated carbocycles. The van der Waals surface area contributed by atoms with E-state index in [1.807, 2.05) is 31.2 Å². The normalized spacial score (nSPS) is 11.0. The maximum absolute atomic E-state index is 9.26. The van der Waals surface area contributed by atoms with Crippen molar-refractivity contribution in [3.05, 3.63) is 35.9 Å². The van der Waals surface area contributed by atoms with Crippen LogP contribution in [0.25, 0.3) is 33.1 Å². The first-order valence-corrected chi connectivity index (χ1v) is 7.50.